The Morgan fingerprint density at radius 3 is 2.75 bits per heavy atom. The first-order valence-electron chi connectivity index (χ1n) is 5.69. The summed E-state index contributed by atoms with van der Waals surface area (Å²) in [6, 6.07) is 0. The second-order valence-electron chi connectivity index (χ2n) is 4.50. The van der Waals surface area contributed by atoms with Crippen LogP contribution in [0.2, 0.25) is 0 Å². The molecule has 1 aliphatic rings. The Labute approximate surface area is 97.9 Å². The number of primary sulfonamides is 1. The van der Waals surface area contributed by atoms with Gasteiger partial charge in [-0.2, -0.15) is 0 Å². The van der Waals surface area contributed by atoms with Crippen molar-refractivity contribution in [1.82, 2.24) is 0 Å². The van der Waals surface area contributed by atoms with Gasteiger partial charge in [0.2, 0.25) is 10.0 Å². The summed E-state index contributed by atoms with van der Waals surface area (Å²) in [6.45, 7) is 6.26. The summed E-state index contributed by atoms with van der Waals surface area (Å²) in [5.74, 6) is -0.00306. The third-order valence-electron chi connectivity index (χ3n) is 3.11. The third kappa shape index (κ3) is 3.88. The topological polar surface area (TPSA) is 69.4 Å². The highest BCUT2D eigenvalue weighted by molar-refractivity contribution is 7.89. The molecule has 0 aromatic carbocycles. The SMILES string of the molecule is C=CC[C@@H](C)[C@@H](C[C@H]1CCCO1)S(N)(=O)=O. The van der Waals surface area contributed by atoms with Gasteiger partial charge >= 0.3 is 0 Å². The summed E-state index contributed by atoms with van der Waals surface area (Å²) in [7, 11) is -3.50. The van der Waals surface area contributed by atoms with E-state index in [9.17, 15) is 8.42 Å². The van der Waals surface area contributed by atoms with Crippen molar-refractivity contribution in [2.45, 2.75) is 44.0 Å². The van der Waals surface area contributed by atoms with E-state index in [1.165, 1.54) is 0 Å². The van der Waals surface area contributed by atoms with Gasteiger partial charge in [0, 0.05) is 6.61 Å². The van der Waals surface area contributed by atoms with E-state index in [4.69, 9.17) is 9.88 Å². The van der Waals surface area contributed by atoms with Crippen LogP contribution in [0.3, 0.4) is 0 Å². The van der Waals surface area contributed by atoms with E-state index in [2.05, 4.69) is 6.58 Å². The van der Waals surface area contributed by atoms with E-state index in [1.807, 2.05) is 6.92 Å². The molecule has 0 unspecified atom stereocenters. The largest absolute Gasteiger partial charge is 0.378 e. The fourth-order valence-electron chi connectivity index (χ4n) is 2.19. The molecule has 0 saturated carbocycles. The summed E-state index contributed by atoms with van der Waals surface area (Å²) in [5.41, 5.74) is 0. The monoisotopic (exact) mass is 247 g/mol. The van der Waals surface area contributed by atoms with Crippen LogP contribution >= 0.6 is 0 Å². The molecule has 2 N–H and O–H groups in total. The molecular weight excluding hydrogens is 226 g/mol. The molecule has 5 heteroatoms. The van der Waals surface area contributed by atoms with Crippen LogP contribution in [-0.2, 0) is 14.8 Å². The van der Waals surface area contributed by atoms with Gasteiger partial charge in [-0.05, 0) is 31.6 Å². The molecule has 0 spiro atoms. The zero-order chi connectivity index (χ0) is 12.2. The van der Waals surface area contributed by atoms with Gasteiger partial charge in [-0.15, -0.1) is 6.58 Å². The van der Waals surface area contributed by atoms with E-state index in [-0.39, 0.29) is 12.0 Å². The molecule has 1 fully saturated rings. The fourth-order valence-corrected chi connectivity index (χ4v) is 3.44. The Morgan fingerprint density at radius 1 is 1.62 bits per heavy atom. The number of hydrogen-bond donors (Lipinski definition) is 1. The summed E-state index contributed by atoms with van der Waals surface area (Å²) in [4.78, 5) is 0. The highest BCUT2D eigenvalue weighted by Gasteiger charge is 2.31. The van der Waals surface area contributed by atoms with Crippen LogP contribution in [0.1, 0.15) is 32.6 Å². The van der Waals surface area contributed by atoms with E-state index in [1.54, 1.807) is 6.08 Å². The number of allylic oxidation sites excluding steroid dienone is 1. The smallest absolute Gasteiger partial charge is 0.212 e. The molecule has 1 heterocycles. The zero-order valence-electron chi connectivity index (χ0n) is 9.76. The van der Waals surface area contributed by atoms with Gasteiger partial charge in [0.15, 0.2) is 0 Å². The average molecular weight is 247 g/mol. The highest BCUT2D eigenvalue weighted by atomic mass is 32.2. The van der Waals surface area contributed by atoms with Crippen molar-refractivity contribution in [2.75, 3.05) is 6.61 Å². The van der Waals surface area contributed by atoms with Crippen molar-refractivity contribution in [2.24, 2.45) is 11.1 Å². The fraction of sp³-hybridized carbons (Fsp3) is 0.818. The molecule has 16 heavy (non-hydrogen) atoms. The molecule has 0 aromatic heterocycles. The van der Waals surface area contributed by atoms with E-state index in [0.717, 1.165) is 19.4 Å². The quantitative estimate of drug-likeness (QED) is 0.722. The van der Waals surface area contributed by atoms with Crippen LogP contribution in [0, 0.1) is 5.92 Å². The minimum absolute atomic E-state index is 0.00306. The van der Waals surface area contributed by atoms with Gasteiger partial charge in [0.25, 0.3) is 0 Å². The molecule has 0 aliphatic carbocycles. The maximum absolute atomic E-state index is 11.5. The van der Waals surface area contributed by atoms with Gasteiger partial charge in [0.05, 0.1) is 11.4 Å². The van der Waals surface area contributed by atoms with Crippen LogP contribution in [0.25, 0.3) is 0 Å². The Bertz CT molecular complexity index is 320. The molecule has 1 saturated heterocycles. The Kier molecular flexibility index (Phi) is 4.95. The predicted octanol–water partition coefficient (Wildman–Crippen LogP) is 1.42. The molecule has 94 valence electrons. The van der Waals surface area contributed by atoms with Crippen LogP contribution < -0.4 is 5.14 Å². The van der Waals surface area contributed by atoms with Crippen molar-refractivity contribution >= 4 is 10.0 Å². The van der Waals surface area contributed by atoms with Crippen molar-refractivity contribution in [3.05, 3.63) is 12.7 Å². The maximum atomic E-state index is 11.5. The Hall–Kier alpha value is -0.390. The normalized spacial score (nSPS) is 25.2. The third-order valence-corrected chi connectivity index (χ3v) is 4.62. The van der Waals surface area contributed by atoms with Gasteiger partial charge in [0.1, 0.15) is 0 Å². The highest BCUT2D eigenvalue weighted by Crippen LogP contribution is 2.25. The number of hydrogen-bond acceptors (Lipinski definition) is 3. The number of sulfonamides is 1. The molecule has 0 amide bonds. The Balaban J connectivity index is 2.66. The van der Waals surface area contributed by atoms with Crippen molar-refractivity contribution < 1.29 is 13.2 Å². The predicted molar refractivity (Wildman–Crippen MR) is 64.5 cm³/mol. The number of rotatable bonds is 6. The van der Waals surface area contributed by atoms with Crippen LogP contribution in [0.4, 0.5) is 0 Å². The second-order valence-corrected chi connectivity index (χ2v) is 6.28. The summed E-state index contributed by atoms with van der Waals surface area (Å²) < 4.78 is 28.5. The number of nitrogens with two attached hydrogens (primary N) is 1. The lowest BCUT2D eigenvalue weighted by atomic mass is 9.98. The summed E-state index contributed by atoms with van der Waals surface area (Å²) in [5, 5.41) is 4.75. The van der Waals surface area contributed by atoms with Crippen LogP contribution in [0.15, 0.2) is 12.7 Å². The molecule has 1 rings (SSSR count). The van der Waals surface area contributed by atoms with Gasteiger partial charge < -0.3 is 4.74 Å². The lowest BCUT2D eigenvalue weighted by Gasteiger charge is -2.23. The molecular formula is C11H21NO3S. The average Bonchev–Trinajstić information content (AvgIpc) is 2.64. The molecule has 0 aromatic rings. The first-order chi connectivity index (χ1) is 7.45. The molecule has 3 atom stereocenters. The van der Waals surface area contributed by atoms with E-state index < -0.39 is 15.3 Å². The standard InChI is InChI=1S/C11H21NO3S/c1-3-5-9(2)11(16(12,13)14)8-10-6-4-7-15-10/h3,9-11H,1,4-8H2,2H3,(H2,12,13,14)/t9-,10-,11-/m1/s1. The van der Waals surface area contributed by atoms with Crippen molar-refractivity contribution in [1.29, 1.82) is 0 Å². The first-order valence-corrected chi connectivity index (χ1v) is 7.30. The van der Waals surface area contributed by atoms with E-state index >= 15 is 0 Å². The number of ether oxygens (including phenoxy) is 1. The zero-order valence-corrected chi connectivity index (χ0v) is 10.6. The molecule has 1 aliphatic heterocycles. The lowest BCUT2D eigenvalue weighted by molar-refractivity contribution is 0.0996. The van der Waals surface area contributed by atoms with E-state index in [0.29, 0.717) is 12.8 Å². The Morgan fingerprint density at radius 2 is 2.31 bits per heavy atom. The van der Waals surface area contributed by atoms with Gasteiger partial charge in [-0.1, -0.05) is 13.0 Å². The van der Waals surface area contributed by atoms with Crippen molar-refractivity contribution in [3.63, 3.8) is 0 Å². The van der Waals surface area contributed by atoms with Gasteiger partial charge in [-0.3, -0.25) is 0 Å². The lowest BCUT2D eigenvalue weighted by Crippen LogP contribution is -2.36. The molecule has 0 bridgehead atoms. The second kappa shape index (κ2) is 5.80. The minimum atomic E-state index is -3.50. The minimum Gasteiger partial charge on any atom is -0.378 e. The maximum Gasteiger partial charge on any atom is 0.212 e. The van der Waals surface area contributed by atoms with Crippen molar-refractivity contribution in [3.8, 4) is 0 Å². The molecule has 4 nitrogen and oxygen atoms in total. The van der Waals surface area contributed by atoms with Gasteiger partial charge in [-0.25, -0.2) is 13.6 Å². The van der Waals surface area contributed by atoms with Crippen LogP contribution in [-0.4, -0.2) is 26.4 Å². The summed E-state index contributed by atoms with van der Waals surface area (Å²) in [6.07, 6.45) is 4.90. The molecule has 0 radical (unpaired) electrons. The summed E-state index contributed by atoms with van der Waals surface area (Å²) >= 11 is 0. The first kappa shape index (κ1) is 13.7. The van der Waals surface area contributed by atoms with Crippen LogP contribution in [0.5, 0.6) is 0 Å².